The van der Waals surface area contributed by atoms with Gasteiger partial charge in [-0.2, -0.15) is 11.3 Å². The first-order chi connectivity index (χ1) is 10.6. The Bertz CT molecular complexity index is 682. The molecule has 3 rings (SSSR count). The maximum absolute atomic E-state index is 12.5. The summed E-state index contributed by atoms with van der Waals surface area (Å²) in [5.41, 5.74) is 1.58. The standard InChI is InChI=1S/C16H18N2O3S/c1-11-9-12(2)21-14(11)16(20)18-6-4-17(5-7-18)15(19)13-3-8-22-10-13/h3,8-10H,4-7H2,1-2H3. The van der Waals surface area contributed by atoms with Crippen molar-refractivity contribution in [3.63, 3.8) is 0 Å². The molecule has 2 aromatic rings. The molecule has 0 saturated carbocycles. The van der Waals surface area contributed by atoms with Crippen molar-refractivity contribution in [3.8, 4) is 0 Å². The van der Waals surface area contributed by atoms with Crippen LogP contribution in [0.4, 0.5) is 0 Å². The summed E-state index contributed by atoms with van der Waals surface area (Å²) in [5, 5.41) is 3.75. The van der Waals surface area contributed by atoms with Gasteiger partial charge in [-0.15, -0.1) is 0 Å². The van der Waals surface area contributed by atoms with Crippen molar-refractivity contribution in [2.45, 2.75) is 13.8 Å². The lowest BCUT2D eigenvalue weighted by Gasteiger charge is -2.34. The first-order valence-electron chi connectivity index (χ1n) is 7.24. The number of hydrogen-bond acceptors (Lipinski definition) is 4. The Kier molecular flexibility index (Phi) is 4.02. The zero-order chi connectivity index (χ0) is 15.7. The van der Waals surface area contributed by atoms with E-state index in [1.54, 1.807) is 9.80 Å². The summed E-state index contributed by atoms with van der Waals surface area (Å²) in [6.07, 6.45) is 0. The molecule has 0 radical (unpaired) electrons. The van der Waals surface area contributed by atoms with Crippen molar-refractivity contribution >= 4 is 23.2 Å². The van der Waals surface area contributed by atoms with Crippen LogP contribution < -0.4 is 0 Å². The third kappa shape index (κ3) is 2.78. The molecule has 1 fully saturated rings. The van der Waals surface area contributed by atoms with Gasteiger partial charge in [0, 0.05) is 37.1 Å². The molecule has 0 spiro atoms. The molecule has 1 aliphatic rings. The summed E-state index contributed by atoms with van der Waals surface area (Å²) in [6, 6.07) is 3.70. The molecule has 116 valence electrons. The van der Waals surface area contributed by atoms with Gasteiger partial charge in [-0.3, -0.25) is 9.59 Å². The normalized spacial score (nSPS) is 15.2. The average molecular weight is 318 g/mol. The average Bonchev–Trinajstić information content (AvgIpc) is 3.15. The van der Waals surface area contributed by atoms with Crippen molar-refractivity contribution < 1.29 is 14.0 Å². The fourth-order valence-corrected chi connectivity index (χ4v) is 3.31. The molecule has 0 N–H and O–H groups in total. The molecule has 0 aromatic carbocycles. The molecule has 1 aliphatic heterocycles. The van der Waals surface area contributed by atoms with Crippen LogP contribution in [0.25, 0.3) is 0 Å². The summed E-state index contributed by atoms with van der Waals surface area (Å²) in [7, 11) is 0. The van der Waals surface area contributed by atoms with Gasteiger partial charge >= 0.3 is 0 Å². The zero-order valence-corrected chi connectivity index (χ0v) is 13.5. The van der Waals surface area contributed by atoms with Crippen LogP contribution in [0.15, 0.2) is 27.3 Å². The zero-order valence-electron chi connectivity index (χ0n) is 12.7. The van der Waals surface area contributed by atoms with E-state index in [4.69, 9.17) is 4.42 Å². The van der Waals surface area contributed by atoms with Gasteiger partial charge in [-0.1, -0.05) is 0 Å². The fourth-order valence-electron chi connectivity index (χ4n) is 2.68. The molecule has 2 amide bonds. The minimum Gasteiger partial charge on any atom is -0.456 e. The number of nitrogens with zero attached hydrogens (tertiary/aromatic N) is 2. The highest BCUT2D eigenvalue weighted by Crippen LogP contribution is 2.18. The quantitative estimate of drug-likeness (QED) is 0.855. The lowest BCUT2D eigenvalue weighted by atomic mass is 10.2. The number of amides is 2. The van der Waals surface area contributed by atoms with E-state index in [0.29, 0.717) is 31.9 Å². The van der Waals surface area contributed by atoms with Crippen LogP contribution in [-0.2, 0) is 0 Å². The number of carbonyl (C=O) groups is 2. The number of hydrogen-bond donors (Lipinski definition) is 0. The summed E-state index contributed by atoms with van der Waals surface area (Å²) in [4.78, 5) is 28.3. The second-order valence-electron chi connectivity index (χ2n) is 5.47. The van der Waals surface area contributed by atoms with E-state index >= 15 is 0 Å². The van der Waals surface area contributed by atoms with Crippen LogP contribution in [0.2, 0.25) is 0 Å². The summed E-state index contributed by atoms with van der Waals surface area (Å²) >= 11 is 1.51. The van der Waals surface area contributed by atoms with E-state index < -0.39 is 0 Å². The van der Waals surface area contributed by atoms with E-state index in [-0.39, 0.29) is 11.8 Å². The second kappa shape index (κ2) is 5.96. The Hall–Kier alpha value is -2.08. The van der Waals surface area contributed by atoms with Gasteiger partial charge in [0.15, 0.2) is 5.76 Å². The highest BCUT2D eigenvalue weighted by molar-refractivity contribution is 7.08. The molecule has 6 heteroatoms. The molecule has 0 bridgehead atoms. The van der Waals surface area contributed by atoms with Crippen molar-refractivity contribution in [2.75, 3.05) is 26.2 Å². The third-order valence-corrected chi connectivity index (χ3v) is 4.54. The highest BCUT2D eigenvalue weighted by Gasteiger charge is 2.27. The smallest absolute Gasteiger partial charge is 0.289 e. The largest absolute Gasteiger partial charge is 0.456 e. The fraction of sp³-hybridized carbons (Fsp3) is 0.375. The van der Waals surface area contributed by atoms with Crippen LogP contribution in [0.3, 0.4) is 0 Å². The van der Waals surface area contributed by atoms with Gasteiger partial charge in [0.2, 0.25) is 0 Å². The van der Waals surface area contributed by atoms with Gasteiger partial charge in [0.25, 0.3) is 11.8 Å². The van der Waals surface area contributed by atoms with E-state index in [1.807, 2.05) is 36.7 Å². The first kappa shape index (κ1) is 14.8. The SMILES string of the molecule is Cc1cc(C)c(C(=O)N2CCN(C(=O)c3ccsc3)CC2)o1. The Morgan fingerprint density at radius 2 is 1.73 bits per heavy atom. The molecule has 22 heavy (non-hydrogen) atoms. The molecule has 0 atom stereocenters. The summed E-state index contributed by atoms with van der Waals surface area (Å²) < 4.78 is 5.49. The summed E-state index contributed by atoms with van der Waals surface area (Å²) in [5.74, 6) is 1.11. The molecular formula is C16H18N2O3S. The van der Waals surface area contributed by atoms with Crippen molar-refractivity contribution in [3.05, 3.63) is 45.5 Å². The molecule has 1 saturated heterocycles. The van der Waals surface area contributed by atoms with E-state index in [1.165, 1.54) is 11.3 Å². The topological polar surface area (TPSA) is 53.8 Å². The minimum absolute atomic E-state index is 0.0402. The number of aryl methyl sites for hydroxylation is 2. The van der Waals surface area contributed by atoms with E-state index in [9.17, 15) is 9.59 Å². The maximum Gasteiger partial charge on any atom is 0.289 e. The van der Waals surface area contributed by atoms with Gasteiger partial charge in [-0.05, 0) is 31.4 Å². The van der Waals surface area contributed by atoms with Crippen LogP contribution in [0, 0.1) is 13.8 Å². The van der Waals surface area contributed by atoms with Gasteiger partial charge in [-0.25, -0.2) is 0 Å². The van der Waals surface area contributed by atoms with Crippen LogP contribution in [0.5, 0.6) is 0 Å². The van der Waals surface area contributed by atoms with Gasteiger partial charge in [0.1, 0.15) is 5.76 Å². The van der Waals surface area contributed by atoms with Gasteiger partial charge < -0.3 is 14.2 Å². The predicted molar refractivity (Wildman–Crippen MR) is 84.3 cm³/mol. The lowest BCUT2D eigenvalue weighted by molar-refractivity contribution is 0.0517. The number of piperazine rings is 1. The third-order valence-electron chi connectivity index (χ3n) is 3.86. The van der Waals surface area contributed by atoms with Crippen molar-refractivity contribution in [2.24, 2.45) is 0 Å². The molecule has 2 aromatic heterocycles. The van der Waals surface area contributed by atoms with Crippen molar-refractivity contribution in [1.29, 1.82) is 0 Å². The second-order valence-corrected chi connectivity index (χ2v) is 6.25. The van der Waals surface area contributed by atoms with Crippen LogP contribution in [-0.4, -0.2) is 47.8 Å². The Labute approximate surface area is 133 Å². The number of rotatable bonds is 2. The summed E-state index contributed by atoms with van der Waals surface area (Å²) in [6.45, 7) is 5.89. The van der Waals surface area contributed by atoms with E-state index in [0.717, 1.165) is 16.9 Å². The molecule has 0 aliphatic carbocycles. The Morgan fingerprint density at radius 3 is 2.23 bits per heavy atom. The van der Waals surface area contributed by atoms with Crippen molar-refractivity contribution in [1.82, 2.24) is 9.80 Å². The first-order valence-corrected chi connectivity index (χ1v) is 8.18. The lowest BCUT2D eigenvalue weighted by Crippen LogP contribution is -2.50. The number of thiophene rings is 1. The minimum atomic E-state index is -0.0896. The highest BCUT2D eigenvalue weighted by atomic mass is 32.1. The Morgan fingerprint density at radius 1 is 1.09 bits per heavy atom. The van der Waals surface area contributed by atoms with Crippen LogP contribution in [0.1, 0.15) is 32.2 Å². The molecule has 5 nitrogen and oxygen atoms in total. The molecule has 3 heterocycles. The predicted octanol–water partition coefficient (Wildman–Crippen LogP) is 2.56. The van der Waals surface area contributed by atoms with Gasteiger partial charge in [0.05, 0.1) is 5.56 Å². The van der Waals surface area contributed by atoms with E-state index in [2.05, 4.69) is 0 Å². The monoisotopic (exact) mass is 318 g/mol. The Balaban J connectivity index is 1.63. The number of furan rings is 1. The molecular weight excluding hydrogens is 300 g/mol. The molecule has 0 unspecified atom stereocenters. The van der Waals surface area contributed by atoms with Crippen LogP contribution >= 0.6 is 11.3 Å². The maximum atomic E-state index is 12.5. The number of carbonyl (C=O) groups excluding carboxylic acids is 2.